The van der Waals surface area contributed by atoms with Gasteiger partial charge in [-0.15, -0.1) is 0 Å². The Balaban J connectivity index is 1.74. The van der Waals surface area contributed by atoms with E-state index in [1.807, 2.05) is 13.8 Å². The highest BCUT2D eigenvalue weighted by molar-refractivity contribution is 5.82. The summed E-state index contributed by atoms with van der Waals surface area (Å²) in [5.41, 5.74) is -2.49. The molecular weight excluding hydrogens is 328 g/mol. The molecular formula is C18H26O7. The van der Waals surface area contributed by atoms with Crippen LogP contribution >= 0.6 is 0 Å². The van der Waals surface area contributed by atoms with E-state index in [0.717, 1.165) is 12.8 Å². The molecule has 0 bridgehead atoms. The zero-order valence-electron chi connectivity index (χ0n) is 15.1. The lowest BCUT2D eigenvalue weighted by Crippen LogP contribution is -2.51. The van der Waals surface area contributed by atoms with Crippen molar-refractivity contribution >= 4 is 11.9 Å². The third-order valence-corrected chi connectivity index (χ3v) is 6.54. The second kappa shape index (κ2) is 5.18. The molecule has 0 aromatic rings. The molecule has 1 N–H and O–H groups in total. The molecule has 4 rings (SSSR count). The highest BCUT2D eigenvalue weighted by Crippen LogP contribution is 2.56. The lowest BCUT2D eigenvalue weighted by molar-refractivity contribution is -0.163. The quantitative estimate of drug-likeness (QED) is 0.586. The summed E-state index contributed by atoms with van der Waals surface area (Å²) in [6.45, 7) is 7.05. The fourth-order valence-corrected chi connectivity index (χ4v) is 4.83. The first-order chi connectivity index (χ1) is 11.6. The Labute approximate surface area is 146 Å². The molecule has 25 heavy (non-hydrogen) atoms. The largest absolute Gasteiger partial charge is 0.462 e. The molecule has 7 nitrogen and oxygen atoms in total. The van der Waals surface area contributed by atoms with Crippen molar-refractivity contribution in [3.05, 3.63) is 0 Å². The van der Waals surface area contributed by atoms with E-state index in [1.165, 1.54) is 6.92 Å². The van der Waals surface area contributed by atoms with Gasteiger partial charge in [-0.2, -0.15) is 0 Å². The first-order valence-corrected chi connectivity index (χ1v) is 9.09. The topological polar surface area (TPSA) is 97.9 Å². The summed E-state index contributed by atoms with van der Waals surface area (Å²) >= 11 is 0. The minimum atomic E-state index is -1.68. The van der Waals surface area contributed by atoms with Crippen molar-refractivity contribution in [1.29, 1.82) is 0 Å². The zero-order valence-corrected chi connectivity index (χ0v) is 15.1. The summed E-state index contributed by atoms with van der Waals surface area (Å²) in [6, 6.07) is 0. The fraction of sp³-hybridized carbons (Fsp3) is 0.889. The van der Waals surface area contributed by atoms with Crippen molar-refractivity contribution in [2.45, 2.75) is 94.6 Å². The molecule has 1 aliphatic carbocycles. The highest BCUT2D eigenvalue weighted by Gasteiger charge is 2.71. The summed E-state index contributed by atoms with van der Waals surface area (Å²) < 4.78 is 22.9. The van der Waals surface area contributed by atoms with Gasteiger partial charge in [0, 0.05) is 13.3 Å². The second-order valence-corrected chi connectivity index (χ2v) is 8.33. The standard InChI is InChI=1S/C18H26O7/c1-5-18(21)12-10(22-9(2)19)8-17(4)11(24-17)6-7-16(3)14(25-16)13(12)23-15(18)20/h10-14,21H,5-8H2,1-4H3/t10-,11-,12-,13+,14-,16-,17-,18+/m1/s1. The monoisotopic (exact) mass is 354 g/mol. The number of hydrogen-bond donors (Lipinski definition) is 1. The molecule has 3 aliphatic heterocycles. The van der Waals surface area contributed by atoms with Crippen molar-refractivity contribution in [3.8, 4) is 0 Å². The Kier molecular flexibility index (Phi) is 3.57. The Morgan fingerprint density at radius 3 is 2.68 bits per heavy atom. The molecule has 0 amide bonds. The van der Waals surface area contributed by atoms with Gasteiger partial charge in [0.1, 0.15) is 18.3 Å². The molecule has 4 fully saturated rings. The van der Waals surface area contributed by atoms with E-state index >= 15 is 0 Å². The van der Waals surface area contributed by atoms with Crippen molar-refractivity contribution in [2.24, 2.45) is 5.92 Å². The first kappa shape index (κ1) is 17.2. The van der Waals surface area contributed by atoms with E-state index in [4.69, 9.17) is 18.9 Å². The van der Waals surface area contributed by atoms with Crippen LogP contribution in [0.5, 0.6) is 0 Å². The number of esters is 2. The molecule has 0 radical (unpaired) electrons. The molecule has 0 spiro atoms. The van der Waals surface area contributed by atoms with Gasteiger partial charge >= 0.3 is 11.9 Å². The van der Waals surface area contributed by atoms with E-state index < -0.39 is 46.9 Å². The van der Waals surface area contributed by atoms with Crippen LogP contribution in [0, 0.1) is 5.92 Å². The van der Waals surface area contributed by atoms with E-state index in [1.54, 1.807) is 6.92 Å². The van der Waals surface area contributed by atoms with Gasteiger partial charge in [-0.05, 0) is 33.1 Å². The fourth-order valence-electron chi connectivity index (χ4n) is 4.83. The number of epoxide rings is 2. The third-order valence-electron chi connectivity index (χ3n) is 6.54. The number of carbonyl (C=O) groups excluding carboxylic acids is 2. The average molecular weight is 354 g/mol. The van der Waals surface area contributed by atoms with Crippen molar-refractivity contribution < 1.29 is 33.6 Å². The lowest BCUT2D eigenvalue weighted by Gasteiger charge is -2.34. The highest BCUT2D eigenvalue weighted by atomic mass is 16.7. The van der Waals surface area contributed by atoms with Gasteiger partial charge in [0.15, 0.2) is 5.60 Å². The van der Waals surface area contributed by atoms with E-state index in [0.29, 0.717) is 6.42 Å². The second-order valence-electron chi connectivity index (χ2n) is 8.33. The predicted molar refractivity (Wildman–Crippen MR) is 84.6 cm³/mol. The molecule has 140 valence electrons. The van der Waals surface area contributed by atoms with Gasteiger partial charge in [0.25, 0.3) is 0 Å². The minimum absolute atomic E-state index is 0.0801. The predicted octanol–water partition coefficient (Wildman–Crippen LogP) is 1.10. The van der Waals surface area contributed by atoms with Crippen LogP contribution in [0.3, 0.4) is 0 Å². The van der Waals surface area contributed by atoms with Crippen molar-refractivity contribution in [2.75, 3.05) is 0 Å². The van der Waals surface area contributed by atoms with Gasteiger partial charge in [-0.25, -0.2) is 4.79 Å². The van der Waals surface area contributed by atoms with Gasteiger partial charge in [-0.3, -0.25) is 4.79 Å². The van der Waals surface area contributed by atoms with Crippen LogP contribution in [0.2, 0.25) is 0 Å². The first-order valence-electron chi connectivity index (χ1n) is 9.09. The van der Waals surface area contributed by atoms with E-state index in [2.05, 4.69) is 0 Å². The Morgan fingerprint density at radius 2 is 2.04 bits per heavy atom. The number of ether oxygens (including phenoxy) is 4. The number of carbonyl (C=O) groups is 2. The van der Waals surface area contributed by atoms with Gasteiger partial charge in [0.05, 0.1) is 23.2 Å². The van der Waals surface area contributed by atoms with Crippen LogP contribution in [0.4, 0.5) is 0 Å². The molecule has 7 heteroatoms. The Hall–Kier alpha value is -1.18. The van der Waals surface area contributed by atoms with Crippen molar-refractivity contribution in [1.82, 2.24) is 0 Å². The number of fused-ring (bicyclic) bond motifs is 4. The molecule has 0 unspecified atom stereocenters. The van der Waals surface area contributed by atoms with Crippen molar-refractivity contribution in [3.63, 3.8) is 0 Å². The molecule has 3 heterocycles. The lowest BCUT2D eigenvalue weighted by atomic mass is 9.74. The molecule has 0 aromatic carbocycles. The summed E-state index contributed by atoms with van der Waals surface area (Å²) in [5.74, 6) is -1.77. The molecule has 1 saturated carbocycles. The SMILES string of the molecule is CC[C@@]1(O)C(=O)O[C@H]2[C@H]1[C@H](OC(C)=O)C[C@@]1(C)O[C@@H]1CC[C@@]1(C)O[C@H]21. The Morgan fingerprint density at radius 1 is 1.32 bits per heavy atom. The van der Waals surface area contributed by atoms with E-state index in [9.17, 15) is 14.7 Å². The summed E-state index contributed by atoms with van der Waals surface area (Å²) in [5, 5.41) is 11.1. The molecule has 8 atom stereocenters. The smallest absolute Gasteiger partial charge is 0.339 e. The maximum atomic E-state index is 12.5. The molecule has 3 saturated heterocycles. The number of rotatable bonds is 2. The normalized spacial score (nSPS) is 53.8. The average Bonchev–Trinajstić information content (AvgIpc) is 3.35. The molecule has 0 aromatic heterocycles. The Bertz CT molecular complexity index is 621. The van der Waals surface area contributed by atoms with Crippen LogP contribution < -0.4 is 0 Å². The van der Waals surface area contributed by atoms with Crippen LogP contribution in [0.15, 0.2) is 0 Å². The van der Waals surface area contributed by atoms with Gasteiger partial charge < -0.3 is 24.1 Å². The van der Waals surface area contributed by atoms with Crippen LogP contribution in [-0.2, 0) is 28.5 Å². The summed E-state index contributed by atoms with van der Waals surface area (Å²) in [4.78, 5) is 24.2. The third kappa shape index (κ3) is 2.51. The zero-order chi connectivity index (χ0) is 18.2. The van der Waals surface area contributed by atoms with E-state index in [-0.39, 0.29) is 18.6 Å². The maximum absolute atomic E-state index is 12.5. The van der Waals surface area contributed by atoms with Crippen LogP contribution in [0.1, 0.15) is 53.4 Å². The minimum Gasteiger partial charge on any atom is -0.462 e. The van der Waals surface area contributed by atoms with Gasteiger partial charge in [0.2, 0.25) is 0 Å². The summed E-state index contributed by atoms with van der Waals surface area (Å²) in [6.07, 6.45) is 0.780. The van der Waals surface area contributed by atoms with Crippen LogP contribution in [0.25, 0.3) is 0 Å². The van der Waals surface area contributed by atoms with Crippen LogP contribution in [-0.4, -0.2) is 58.3 Å². The number of aliphatic hydroxyl groups is 1. The van der Waals surface area contributed by atoms with Gasteiger partial charge in [-0.1, -0.05) is 6.92 Å². The number of hydrogen-bond acceptors (Lipinski definition) is 7. The molecule has 4 aliphatic rings. The summed E-state index contributed by atoms with van der Waals surface area (Å²) in [7, 11) is 0. The maximum Gasteiger partial charge on any atom is 0.339 e.